The zero-order chi connectivity index (χ0) is 9.99. The standard InChI is InChI=1S/CH4O9P2.2V/c2-1(9-11(3,4)5)10-12(6,7)8;;/h(H2,3,4,5)(H2,6,7,8);;. The van der Waals surface area contributed by atoms with Crippen molar-refractivity contribution in [2.24, 2.45) is 0 Å². The molecule has 14 heavy (non-hydrogen) atoms. The summed E-state index contributed by atoms with van der Waals surface area (Å²) in [6, 6.07) is 0. The Hall–Kier alpha value is 0.739. The first kappa shape index (κ1) is 20.2. The molecule has 0 unspecified atom stereocenters. The van der Waals surface area contributed by atoms with Gasteiger partial charge in [-0.2, -0.15) is 0 Å². The van der Waals surface area contributed by atoms with Crippen LogP contribution in [0.2, 0.25) is 0 Å². The van der Waals surface area contributed by atoms with Gasteiger partial charge < -0.3 is 9.05 Å². The Balaban J connectivity index is -0.000000605. The maximum atomic E-state index is 10.0. The minimum absolute atomic E-state index is 0. The van der Waals surface area contributed by atoms with Crippen molar-refractivity contribution in [2.45, 2.75) is 0 Å². The molecule has 0 aromatic heterocycles. The molecule has 0 saturated heterocycles. The molecular formula is CH4O9P2V2. The molecule has 4 N–H and O–H groups in total. The van der Waals surface area contributed by atoms with Gasteiger partial charge in [-0.15, -0.1) is 0 Å². The molecule has 0 bridgehead atoms. The molecule has 0 rings (SSSR count). The minimum Gasteiger partial charge on any atom is -0.337 e. The Bertz CT molecular complexity index is 236. The van der Waals surface area contributed by atoms with Crippen LogP contribution in [0.15, 0.2) is 0 Å². The van der Waals surface area contributed by atoms with E-state index in [2.05, 4.69) is 9.05 Å². The normalized spacial score (nSPS) is 10.6. The van der Waals surface area contributed by atoms with E-state index in [1.165, 1.54) is 0 Å². The van der Waals surface area contributed by atoms with E-state index in [0.29, 0.717) is 0 Å². The maximum Gasteiger partial charge on any atom is 0.529 e. The predicted octanol–water partition coefficient (Wildman–Crippen LogP) is -0.680. The molecule has 0 aromatic carbocycles. The molecule has 9 nitrogen and oxygen atoms in total. The summed E-state index contributed by atoms with van der Waals surface area (Å²) in [6.45, 7) is 0. The molecule has 82 valence electrons. The molecule has 0 amide bonds. The molecule has 13 heteroatoms. The number of hydrogen-bond acceptors (Lipinski definition) is 5. The fraction of sp³-hybridized carbons (Fsp3) is 0. The fourth-order valence-corrected chi connectivity index (χ4v) is 0.733. The topological polar surface area (TPSA) is 151 Å². The van der Waals surface area contributed by atoms with Crippen LogP contribution in [0.3, 0.4) is 0 Å². The van der Waals surface area contributed by atoms with Gasteiger partial charge in [-0.05, 0) is 0 Å². The summed E-state index contributed by atoms with van der Waals surface area (Å²) in [7, 11) is -10.3. The van der Waals surface area contributed by atoms with Crippen molar-refractivity contribution in [3.8, 4) is 0 Å². The summed E-state index contributed by atoms with van der Waals surface area (Å²) in [4.78, 5) is 41.7. The Kier molecular flexibility index (Phi) is 10.2. The number of phosphoric acid groups is 2. The van der Waals surface area contributed by atoms with Gasteiger partial charge in [-0.25, -0.2) is 13.9 Å². The first-order chi connectivity index (χ1) is 5.10. The van der Waals surface area contributed by atoms with E-state index < -0.39 is 21.8 Å². The Morgan fingerprint density at radius 2 is 1.07 bits per heavy atom. The second-order valence-electron chi connectivity index (χ2n) is 1.41. The summed E-state index contributed by atoms with van der Waals surface area (Å²) in [5.74, 6) is 0. The third-order valence-electron chi connectivity index (χ3n) is 0.387. The monoisotopic (exact) mass is 324 g/mol. The average Bonchev–Trinajstić information content (AvgIpc) is 1.49. The molecule has 0 heterocycles. The molecular weight excluding hydrogens is 320 g/mol. The number of carbonyl (C=O) groups is 1. The fourth-order valence-electron chi connectivity index (χ4n) is 0.211. The van der Waals surface area contributed by atoms with Crippen molar-refractivity contribution in [2.75, 3.05) is 0 Å². The van der Waals surface area contributed by atoms with Gasteiger partial charge in [0.05, 0.1) is 0 Å². The second-order valence-corrected chi connectivity index (χ2v) is 3.74. The van der Waals surface area contributed by atoms with Gasteiger partial charge in [0.1, 0.15) is 0 Å². The summed E-state index contributed by atoms with van der Waals surface area (Å²) in [5, 5.41) is 0. The van der Waals surface area contributed by atoms with E-state index >= 15 is 0 Å². The van der Waals surface area contributed by atoms with Crippen LogP contribution in [0.1, 0.15) is 0 Å². The van der Waals surface area contributed by atoms with E-state index in [-0.39, 0.29) is 37.1 Å². The molecule has 0 aliphatic carbocycles. The quantitative estimate of drug-likeness (QED) is 0.484. The van der Waals surface area contributed by atoms with Gasteiger partial charge in [0.15, 0.2) is 0 Å². The third-order valence-corrected chi connectivity index (χ3v) is 1.16. The zero-order valence-corrected chi connectivity index (χ0v) is 10.7. The van der Waals surface area contributed by atoms with Gasteiger partial charge in [-0.3, -0.25) is 19.6 Å². The molecule has 0 spiro atoms. The number of phosphoric ester groups is 2. The second kappa shape index (κ2) is 7.09. The summed E-state index contributed by atoms with van der Waals surface area (Å²) < 4.78 is 25.9. The average molecular weight is 324 g/mol. The van der Waals surface area contributed by atoms with Crippen molar-refractivity contribution >= 4 is 21.8 Å². The van der Waals surface area contributed by atoms with E-state index in [9.17, 15) is 13.9 Å². The van der Waals surface area contributed by atoms with Gasteiger partial charge in [-0.1, -0.05) is 0 Å². The molecule has 0 aliphatic heterocycles. The third kappa shape index (κ3) is 15.2. The Morgan fingerprint density at radius 3 is 1.21 bits per heavy atom. The summed E-state index contributed by atoms with van der Waals surface area (Å²) in [5.41, 5.74) is 0. The molecule has 0 aliphatic rings. The zero-order valence-electron chi connectivity index (χ0n) is 6.12. The van der Waals surface area contributed by atoms with Gasteiger partial charge in [0.2, 0.25) is 0 Å². The Labute approximate surface area is 101 Å². The number of carbonyl (C=O) groups excluding carboxylic acids is 1. The van der Waals surface area contributed by atoms with Crippen LogP contribution in [0.5, 0.6) is 0 Å². The van der Waals surface area contributed by atoms with Crippen LogP contribution in [0.25, 0.3) is 0 Å². The van der Waals surface area contributed by atoms with E-state index in [1.54, 1.807) is 0 Å². The first-order valence-corrected chi connectivity index (χ1v) is 5.20. The van der Waals surface area contributed by atoms with Gasteiger partial charge in [0, 0.05) is 37.1 Å². The Morgan fingerprint density at radius 1 is 0.857 bits per heavy atom. The largest absolute Gasteiger partial charge is 0.529 e. The van der Waals surface area contributed by atoms with Crippen LogP contribution >= 0.6 is 15.6 Å². The van der Waals surface area contributed by atoms with E-state index in [0.717, 1.165) is 0 Å². The SMILES string of the molecule is O=C(OP(=O)(O)O)OP(=O)(O)O.[V].[V]. The van der Waals surface area contributed by atoms with Crippen molar-refractivity contribution in [1.82, 2.24) is 0 Å². The number of hydrogen-bond donors (Lipinski definition) is 4. The van der Waals surface area contributed by atoms with E-state index in [1.807, 2.05) is 0 Å². The smallest absolute Gasteiger partial charge is 0.337 e. The number of rotatable bonds is 2. The van der Waals surface area contributed by atoms with Crippen molar-refractivity contribution < 1.29 is 79.7 Å². The van der Waals surface area contributed by atoms with Crippen LogP contribution < -0.4 is 0 Å². The summed E-state index contributed by atoms with van der Waals surface area (Å²) in [6.07, 6.45) is -2.14. The predicted molar refractivity (Wildman–Crippen MR) is 31.7 cm³/mol. The molecule has 0 aromatic rings. The van der Waals surface area contributed by atoms with Crippen molar-refractivity contribution in [1.29, 1.82) is 0 Å². The van der Waals surface area contributed by atoms with Crippen molar-refractivity contribution in [3.05, 3.63) is 0 Å². The maximum absolute atomic E-state index is 10.0. The molecule has 2 radical (unpaired) electrons. The van der Waals surface area contributed by atoms with Crippen LogP contribution in [0, 0.1) is 0 Å². The van der Waals surface area contributed by atoms with Gasteiger partial charge >= 0.3 is 21.8 Å². The first-order valence-electron chi connectivity index (χ1n) is 2.14. The molecule has 0 atom stereocenters. The minimum atomic E-state index is -5.13. The van der Waals surface area contributed by atoms with Crippen LogP contribution in [-0.4, -0.2) is 25.7 Å². The van der Waals surface area contributed by atoms with Crippen molar-refractivity contribution in [3.63, 3.8) is 0 Å². The molecule has 0 fully saturated rings. The summed E-state index contributed by atoms with van der Waals surface area (Å²) >= 11 is 0. The van der Waals surface area contributed by atoms with Crippen LogP contribution in [0.4, 0.5) is 4.79 Å². The van der Waals surface area contributed by atoms with Crippen LogP contribution in [-0.2, 0) is 55.3 Å². The molecule has 0 saturated carbocycles. The van der Waals surface area contributed by atoms with E-state index in [4.69, 9.17) is 19.6 Å². The van der Waals surface area contributed by atoms with Gasteiger partial charge in [0.25, 0.3) is 0 Å².